The van der Waals surface area contributed by atoms with Gasteiger partial charge in [0.1, 0.15) is 46.5 Å². The summed E-state index contributed by atoms with van der Waals surface area (Å²) in [5.41, 5.74) is 8.60. The third-order valence-electron chi connectivity index (χ3n) is 12.5. The molecule has 0 bridgehead atoms. The lowest BCUT2D eigenvalue weighted by atomic mass is 10.1. The number of aromatic hydroxyl groups is 1. The number of phenolic OH excluding ortho intramolecular Hbond substituents is 1. The quantitative estimate of drug-likeness (QED) is 0.0760. The molecule has 0 saturated carbocycles. The fourth-order valence-electron chi connectivity index (χ4n) is 8.73. The van der Waals surface area contributed by atoms with Crippen LogP contribution in [-0.4, -0.2) is 64.4 Å². The van der Waals surface area contributed by atoms with Crippen LogP contribution in [0.25, 0.3) is 33.1 Å². The largest absolute Gasteiger partial charge is 0.508 e. The molecule has 0 amide bonds. The first-order valence-corrected chi connectivity index (χ1v) is 26.2. The Bertz CT molecular complexity index is 3540. The second kappa shape index (κ2) is 27.9. The molecule has 0 spiro atoms. The number of hydrogen-bond donors (Lipinski definition) is 4. The highest BCUT2D eigenvalue weighted by molar-refractivity contribution is 9.10. The van der Waals surface area contributed by atoms with Gasteiger partial charge in [0.25, 0.3) is 0 Å². The van der Waals surface area contributed by atoms with E-state index < -0.39 is 0 Å². The van der Waals surface area contributed by atoms with Gasteiger partial charge in [0.05, 0.1) is 34.7 Å². The summed E-state index contributed by atoms with van der Waals surface area (Å²) in [5, 5.41) is 35.5. The number of halogens is 2. The molecule has 0 atom stereocenters. The fourth-order valence-corrected chi connectivity index (χ4v) is 9.13. The maximum absolute atomic E-state index is 13.4. The van der Waals surface area contributed by atoms with Gasteiger partial charge < -0.3 is 21.1 Å². The molecule has 6 aromatic heterocycles. The predicted molar refractivity (Wildman–Crippen MR) is 329 cm³/mol. The zero-order valence-electron chi connectivity index (χ0n) is 43.1. The molecule has 6 aromatic carbocycles. The topological polar surface area (TPSA) is 187 Å². The Kier molecular flexibility index (Phi) is 20.4. The van der Waals surface area contributed by atoms with E-state index in [9.17, 15) is 9.50 Å². The number of aromatic nitrogens is 12. The van der Waals surface area contributed by atoms with Gasteiger partial charge in [-0.05, 0) is 105 Å². The van der Waals surface area contributed by atoms with Crippen LogP contribution in [0.1, 0.15) is 56.4 Å². The van der Waals surface area contributed by atoms with Crippen molar-refractivity contribution < 1.29 is 9.50 Å². The van der Waals surface area contributed by atoms with Gasteiger partial charge in [-0.2, -0.15) is 15.3 Å². The molecule has 0 fully saturated rings. The van der Waals surface area contributed by atoms with E-state index in [4.69, 9.17) is 0 Å². The fraction of sp³-hybridized carbons (Fsp3) is 0.190. The SMILES string of the molecule is C.C.C.Cc1nc(Nc2cccc(Br)c2)c2cnn(CCc3ccccc3)c2n1.Cc1nc(Nc2cccc(F)c2)c2cnn(CCc3ccccc3)c2n1.Cc1nc(Nc2cccc(O)c2)c2cnn(CCc3ccccc3)c2n1. The number of nitrogens with zero attached hydrogens (tertiary/aromatic N) is 12. The first-order chi connectivity index (χ1) is 38.1. The molecular formula is C63H67BrFN15O. The lowest BCUT2D eigenvalue weighted by molar-refractivity contribution is 0.475. The Morgan fingerprint density at radius 3 is 1.12 bits per heavy atom. The Labute approximate surface area is 480 Å². The third kappa shape index (κ3) is 15.4. The Morgan fingerprint density at radius 1 is 0.420 bits per heavy atom. The maximum atomic E-state index is 13.4. The summed E-state index contributed by atoms with van der Waals surface area (Å²) in [6.07, 6.45) is 8.03. The number of rotatable bonds is 15. The van der Waals surface area contributed by atoms with Crippen LogP contribution >= 0.6 is 15.9 Å². The van der Waals surface area contributed by atoms with Crippen LogP contribution in [-0.2, 0) is 38.9 Å². The second-order valence-corrected chi connectivity index (χ2v) is 19.2. The molecule has 12 aromatic rings. The van der Waals surface area contributed by atoms with Crippen molar-refractivity contribution in [2.75, 3.05) is 16.0 Å². The van der Waals surface area contributed by atoms with Gasteiger partial charge in [0, 0.05) is 47.2 Å². The van der Waals surface area contributed by atoms with Crippen LogP contribution in [0.3, 0.4) is 0 Å². The molecule has 16 nitrogen and oxygen atoms in total. The van der Waals surface area contributed by atoms with Crippen LogP contribution in [0.15, 0.2) is 187 Å². The normalized spacial score (nSPS) is 10.6. The van der Waals surface area contributed by atoms with Gasteiger partial charge in [-0.1, -0.05) is 147 Å². The molecule has 414 valence electrons. The zero-order chi connectivity index (χ0) is 53.8. The molecule has 12 rings (SSSR count). The maximum Gasteiger partial charge on any atom is 0.163 e. The Balaban J connectivity index is 0.000000172. The molecule has 0 unspecified atom stereocenters. The molecular weight excluding hydrogens is 1080 g/mol. The number of fused-ring (bicyclic) bond motifs is 3. The monoisotopic (exact) mass is 1150 g/mol. The zero-order valence-corrected chi connectivity index (χ0v) is 44.7. The molecule has 4 N–H and O–H groups in total. The van der Waals surface area contributed by atoms with E-state index in [1.165, 1.54) is 28.8 Å². The van der Waals surface area contributed by atoms with Crippen LogP contribution in [0.5, 0.6) is 5.75 Å². The first-order valence-electron chi connectivity index (χ1n) is 25.4. The van der Waals surface area contributed by atoms with Gasteiger partial charge >= 0.3 is 0 Å². The number of nitrogens with one attached hydrogen (secondary N) is 3. The standard InChI is InChI=1S/C20H18BrN5.C20H18FN5.C20H19N5O.3CH4/c2*1-14-23-19(25-17-9-5-8-16(21)12-17)18-13-22-26(20(18)24-14)11-10-15-6-3-2-4-7-15;1-14-22-19(24-16-8-5-9-17(26)12-16)18-13-21-25(20(18)23-14)11-10-15-6-3-2-4-7-15;;;/h2*2-9,12-13H,10-11H2,1H3,(H,23,24,25);2-9,12-13,26H,10-11H2,1H3,(H,22,23,24);3*1H4. The van der Waals surface area contributed by atoms with Gasteiger partial charge in [-0.15, -0.1) is 0 Å². The molecule has 81 heavy (non-hydrogen) atoms. The van der Waals surface area contributed by atoms with Crippen LogP contribution in [0, 0.1) is 26.6 Å². The first kappa shape index (κ1) is 59.2. The molecule has 0 aliphatic rings. The summed E-state index contributed by atoms with van der Waals surface area (Å²) in [7, 11) is 0. The second-order valence-electron chi connectivity index (χ2n) is 18.3. The molecule has 0 aliphatic heterocycles. The summed E-state index contributed by atoms with van der Waals surface area (Å²) >= 11 is 3.50. The summed E-state index contributed by atoms with van der Waals surface area (Å²) in [6, 6.07) is 52.3. The lowest BCUT2D eigenvalue weighted by Gasteiger charge is -2.09. The van der Waals surface area contributed by atoms with Gasteiger partial charge in [0.15, 0.2) is 16.9 Å². The number of hydrogen-bond acceptors (Lipinski definition) is 13. The smallest absolute Gasteiger partial charge is 0.163 e. The third-order valence-corrected chi connectivity index (χ3v) is 13.0. The highest BCUT2D eigenvalue weighted by Gasteiger charge is 2.16. The summed E-state index contributed by atoms with van der Waals surface area (Å²) in [5.74, 6) is 4.02. The van der Waals surface area contributed by atoms with E-state index in [0.29, 0.717) is 29.0 Å². The molecule has 6 heterocycles. The van der Waals surface area contributed by atoms with Crippen LogP contribution in [0.2, 0.25) is 0 Å². The van der Waals surface area contributed by atoms with Crippen molar-refractivity contribution in [3.8, 4) is 5.75 Å². The van der Waals surface area contributed by atoms with Gasteiger partial charge in [-0.25, -0.2) is 48.3 Å². The summed E-state index contributed by atoms with van der Waals surface area (Å²) in [4.78, 5) is 27.2. The number of phenols is 1. The molecule has 0 saturated heterocycles. The minimum absolute atomic E-state index is 0. The Hall–Kier alpha value is -9.42. The average molecular weight is 1150 g/mol. The van der Waals surface area contributed by atoms with Crippen LogP contribution in [0.4, 0.5) is 38.9 Å². The van der Waals surface area contributed by atoms with E-state index in [2.05, 4.69) is 126 Å². The van der Waals surface area contributed by atoms with Crippen molar-refractivity contribution in [2.45, 2.75) is 81.9 Å². The van der Waals surface area contributed by atoms with E-state index >= 15 is 0 Å². The van der Waals surface area contributed by atoms with Crippen molar-refractivity contribution >= 4 is 83.5 Å². The summed E-state index contributed by atoms with van der Waals surface area (Å²) in [6.45, 7) is 7.85. The average Bonchev–Trinajstić information content (AvgIpc) is 4.32. The van der Waals surface area contributed by atoms with Crippen molar-refractivity contribution in [2.24, 2.45) is 0 Å². The van der Waals surface area contributed by atoms with E-state index in [1.54, 1.807) is 42.7 Å². The Morgan fingerprint density at radius 2 is 0.765 bits per heavy atom. The molecule has 0 aliphatic carbocycles. The van der Waals surface area contributed by atoms with E-state index in [1.807, 2.05) is 114 Å². The lowest BCUT2D eigenvalue weighted by Crippen LogP contribution is -2.06. The highest BCUT2D eigenvalue weighted by Crippen LogP contribution is 2.29. The minimum atomic E-state index is -0.296. The van der Waals surface area contributed by atoms with Crippen molar-refractivity contribution in [3.05, 3.63) is 227 Å². The molecule has 0 radical (unpaired) electrons. The predicted octanol–water partition coefficient (Wildman–Crippen LogP) is 14.9. The number of anilines is 6. The van der Waals surface area contributed by atoms with Gasteiger partial charge in [-0.3, -0.25) is 0 Å². The summed E-state index contributed by atoms with van der Waals surface area (Å²) < 4.78 is 20.2. The molecule has 18 heteroatoms. The van der Waals surface area contributed by atoms with E-state index in [-0.39, 0.29) is 33.8 Å². The van der Waals surface area contributed by atoms with Crippen molar-refractivity contribution in [1.29, 1.82) is 0 Å². The number of benzene rings is 6. The number of aryl methyl sites for hydroxylation is 9. The van der Waals surface area contributed by atoms with Crippen molar-refractivity contribution in [3.63, 3.8) is 0 Å². The van der Waals surface area contributed by atoms with Crippen LogP contribution < -0.4 is 16.0 Å². The minimum Gasteiger partial charge on any atom is -0.508 e. The highest BCUT2D eigenvalue weighted by atomic mass is 79.9. The van der Waals surface area contributed by atoms with Gasteiger partial charge in [0.2, 0.25) is 0 Å². The van der Waals surface area contributed by atoms with E-state index in [0.717, 1.165) is 99.5 Å². The van der Waals surface area contributed by atoms with Crippen molar-refractivity contribution in [1.82, 2.24) is 59.2 Å².